The van der Waals surface area contributed by atoms with Crippen molar-refractivity contribution >= 4 is 17.5 Å². The van der Waals surface area contributed by atoms with E-state index in [9.17, 15) is 4.79 Å². The number of amides is 1. The summed E-state index contributed by atoms with van der Waals surface area (Å²) in [7, 11) is 1.58. The van der Waals surface area contributed by atoms with Crippen LogP contribution in [0.25, 0.3) is 5.82 Å². The topological polar surface area (TPSA) is 94.4 Å². The first-order chi connectivity index (χ1) is 17.1. The summed E-state index contributed by atoms with van der Waals surface area (Å²) >= 11 is 0. The smallest absolute Gasteiger partial charge is 0.226 e. The number of ether oxygens (including phenoxy) is 2. The number of nitrogens with one attached hydrogen (secondary N) is 1. The Morgan fingerprint density at radius 2 is 1.89 bits per heavy atom. The second-order valence-corrected chi connectivity index (χ2v) is 8.76. The highest BCUT2D eigenvalue weighted by atomic mass is 16.5. The number of rotatable bonds is 6. The van der Waals surface area contributed by atoms with E-state index in [2.05, 4.69) is 26.3 Å². The average molecular weight is 473 g/mol. The Hall–Kier alpha value is -4.06. The number of hydrogen-bond donors (Lipinski definition) is 1. The number of aryl methyl sites for hydroxylation is 1. The van der Waals surface area contributed by atoms with Crippen molar-refractivity contribution in [3.8, 4) is 29.7 Å². The first kappa shape index (κ1) is 22.7. The van der Waals surface area contributed by atoms with E-state index in [1.807, 2.05) is 37.3 Å². The molecule has 1 aromatic carbocycles. The summed E-state index contributed by atoms with van der Waals surface area (Å²) in [5.41, 5.74) is 2.70. The van der Waals surface area contributed by atoms with Gasteiger partial charge in [-0.1, -0.05) is 12.0 Å². The Morgan fingerprint density at radius 3 is 2.60 bits per heavy atom. The monoisotopic (exact) mass is 472 g/mol. The molecule has 2 aromatic heterocycles. The Balaban J connectivity index is 1.49. The highest BCUT2D eigenvalue weighted by Crippen LogP contribution is 2.42. The summed E-state index contributed by atoms with van der Waals surface area (Å²) in [6.07, 6.45) is 9.21. The van der Waals surface area contributed by atoms with Gasteiger partial charge in [-0.25, -0.2) is 0 Å². The number of nitrogens with zero attached hydrogens (tertiary/aromatic N) is 5. The zero-order valence-electron chi connectivity index (χ0n) is 20.0. The number of anilines is 2. The first-order valence-electron chi connectivity index (χ1n) is 11.8. The maximum absolute atomic E-state index is 12.8. The molecule has 0 bridgehead atoms. The van der Waals surface area contributed by atoms with Gasteiger partial charge in [-0.3, -0.25) is 4.79 Å². The van der Waals surface area contributed by atoms with Gasteiger partial charge in [0, 0.05) is 31.0 Å². The van der Waals surface area contributed by atoms with Crippen LogP contribution in [0.5, 0.6) is 11.5 Å². The fourth-order valence-electron chi connectivity index (χ4n) is 4.86. The van der Waals surface area contributed by atoms with Crippen molar-refractivity contribution in [1.29, 1.82) is 0 Å². The summed E-state index contributed by atoms with van der Waals surface area (Å²) in [4.78, 5) is 15.0. The van der Waals surface area contributed by atoms with Crippen LogP contribution in [0.3, 0.4) is 0 Å². The lowest BCUT2D eigenvalue weighted by molar-refractivity contribution is -0.116. The van der Waals surface area contributed by atoms with Gasteiger partial charge in [0.25, 0.3) is 0 Å². The van der Waals surface area contributed by atoms with Crippen LogP contribution in [0.1, 0.15) is 48.4 Å². The minimum absolute atomic E-state index is 0.0897. The molecule has 1 amide bonds. The lowest BCUT2D eigenvalue weighted by Crippen LogP contribution is -2.30. The lowest BCUT2D eigenvalue weighted by Gasteiger charge is -2.27. The molecule has 1 unspecified atom stereocenters. The standard InChI is InChI=1S/C26H28N6O3/c1-4-14-35-20-9-8-18(15-21(20)34-3)19-16-24(33)27-26-25(19)17(2)30-32(26)23-11-10-22(28-29-23)31-12-6-5-7-13-31/h1,8-11,15,19H,5-7,12-14,16H2,2-3H3,(H,27,33). The van der Waals surface area contributed by atoms with Crippen LogP contribution >= 0.6 is 0 Å². The van der Waals surface area contributed by atoms with E-state index in [0.717, 1.165) is 35.7 Å². The molecule has 0 saturated carbocycles. The number of piperidine rings is 1. The molecule has 9 nitrogen and oxygen atoms in total. The highest BCUT2D eigenvalue weighted by Gasteiger charge is 2.33. The summed E-state index contributed by atoms with van der Waals surface area (Å²) in [6, 6.07) is 9.52. The molecule has 9 heteroatoms. The van der Waals surface area contributed by atoms with Crippen molar-refractivity contribution in [1.82, 2.24) is 20.0 Å². The first-order valence-corrected chi connectivity index (χ1v) is 11.8. The number of aromatic nitrogens is 4. The third-order valence-electron chi connectivity index (χ3n) is 6.54. The fourth-order valence-corrected chi connectivity index (χ4v) is 4.86. The molecule has 1 atom stereocenters. The van der Waals surface area contributed by atoms with Gasteiger partial charge in [0.15, 0.2) is 23.1 Å². The molecule has 1 saturated heterocycles. The van der Waals surface area contributed by atoms with E-state index in [4.69, 9.17) is 21.0 Å². The molecule has 3 aromatic rings. The van der Waals surface area contributed by atoms with Crippen molar-refractivity contribution < 1.29 is 14.3 Å². The SMILES string of the molecule is C#CCOc1ccc(C2CC(=O)Nc3c2c(C)nn3-c2ccc(N3CCCCC3)nn2)cc1OC. The van der Waals surface area contributed by atoms with E-state index in [1.54, 1.807) is 11.8 Å². The van der Waals surface area contributed by atoms with Crippen LogP contribution in [-0.2, 0) is 4.79 Å². The molecule has 35 heavy (non-hydrogen) atoms. The Bertz CT molecular complexity index is 1270. The molecule has 5 rings (SSSR count). The lowest BCUT2D eigenvalue weighted by atomic mass is 9.85. The molecule has 2 aliphatic heterocycles. The van der Waals surface area contributed by atoms with Gasteiger partial charge in [-0.05, 0) is 56.0 Å². The van der Waals surface area contributed by atoms with Gasteiger partial charge in [-0.2, -0.15) is 9.78 Å². The van der Waals surface area contributed by atoms with Crippen molar-refractivity contribution in [3.05, 3.63) is 47.2 Å². The molecule has 0 radical (unpaired) electrons. The second-order valence-electron chi connectivity index (χ2n) is 8.76. The normalized spacial score (nSPS) is 17.3. The molecule has 1 N–H and O–H groups in total. The molecule has 4 heterocycles. The highest BCUT2D eigenvalue weighted by molar-refractivity contribution is 5.95. The molecule has 2 aliphatic rings. The maximum Gasteiger partial charge on any atom is 0.226 e. The molecular weight excluding hydrogens is 444 g/mol. The van der Waals surface area contributed by atoms with Crippen LogP contribution < -0.4 is 19.7 Å². The summed E-state index contributed by atoms with van der Waals surface area (Å²) in [6.45, 7) is 4.09. The van der Waals surface area contributed by atoms with E-state index in [1.165, 1.54) is 19.3 Å². The van der Waals surface area contributed by atoms with Gasteiger partial charge in [0.2, 0.25) is 5.91 Å². The predicted octanol–water partition coefficient (Wildman–Crippen LogP) is 3.46. The van der Waals surface area contributed by atoms with Gasteiger partial charge < -0.3 is 19.7 Å². The molecule has 0 aliphatic carbocycles. The van der Waals surface area contributed by atoms with E-state index >= 15 is 0 Å². The van der Waals surface area contributed by atoms with Crippen molar-refractivity contribution in [2.24, 2.45) is 0 Å². The number of fused-ring (bicyclic) bond motifs is 1. The number of benzene rings is 1. The van der Waals surface area contributed by atoms with Gasteiger partial charge in [0.05, 0.1) is 12.8 Å². The third kappa shape index (κ3) is 4.39. The Morgan fingerprint density at radius 1 is 1.11 bits per heavy atom. The molecule has 0 spiro atoms. The molecule has 180 valence electrons. The predicted molar refractivity (Wildman–Crippen MR) is 132 cm³/mol. The largest absolute Gasteiger partial charge is 0.493 e. The minimum atomic E-state index is -0.191. The minimum Gasteiger partial charge on any atom is -0.493 e. The van der Waals surface area contributed by atoms with Crippen LogP contribution in [0, 0.1) is 19.3 Å². The summed E-state index contributed by atoms with van der Waals surface area (Å²) < 4.78 is 12.8. The van der Waals surface area contributed by atoms with Crippen LogP contribution in [0.2, 0.25) is 0 Å². The second kappa shape index (κ2) is 9.66. The number of carbonyl (C=O) groups is 1. The average Bonchev–Trinajstić information content (AvgIpc) is 3.23. The van der Waals surface area contributed by atoms with Crippen LogP contribution in [0.4, 0.5) is 11.6 Å². The Kier molecular flexibility index (Phi) is 6.27. The quantitative estimate of drug-likeness (QED) is 0.549. The Labute approximate surface area is 204 Å². The van der Waals surface area contributed by atoms with Gasteiger partial charge in [0.1, 0.15) is 12.4 Å². The number of terminal acetylenes is 1. The number of methoxy groups -OCH3 is 1. The van der Waals surface area contributed by atoms with Crippen LogP contribution in [-0.4, -0.2) is 52.7 Å². The number of carbonyl (C=O) groups excluding carboxylic acids is 1. The van der Waals surface area contributed by atoms with Crippen molar-refractivity contribution in [2.75, 3.05) is 37.0 Å². The van der Waals surface area contributed by atoms with Crippen molar-refractivity contribution in [3.63, 3.8) is 0 Å². The van der Waals surface area contributed by atoms with Gasteiger partial charge in [-0.15, -0.1) is 16.6 Å². The zero-order chi connectivity index (χ0) is 24.4. The zero-order valence-corrected chi connectivity index (χ0v) is 20.0. The molecular formula is C26H28N6O3. The van der Waals surface area contributed by atoms with Crippen molar-refractivity contribution in [2.45, 2.75) is 38.5 Å². The summed E-state index contributed by atoms with van der Waals surface area (Å²) in [5, 5.41) is 16.6. The summed E-state index contributed by atoms with van der Waals surface area (Å²) in [5.74, 6) is 5.35. The van der Waals surface area contributed by atoms with E-state index in [0.29, 0.717) is 29.6 Å². The fraction of sp³-hybridized carbons (Fsp3) is 0.385. The number of hydrogen-bond acceptors (Lipinski definition) is 7. The van der Waals surface area contributed by atoms with Gasteiger partial charge >= 0.3 is 0 Å². The van der Waals surface area contributed by atoms with Crippen LogP contribution in [0.15, 0.2) is 30.3 Å². The van der Waals surface area contributed by atoms with E-state index < -0.39 is 0 Å². The maximum atomic E-state index is 12.8. The molecule has 1 fully saturated rings. The van der Waals surface area contributed by atoms with E-state index in [-0.39, 0.29) is 18.4 Å². The third-order valence-corrected chi connectivity index (χ3v) is 6.54.